The maximum atomic E-state index is 12.0. The predicted molar refractivity (Wildman–Crippen MR) is 171 cm³/mol. The molecule has 0 saturated carbocycles. The molecule has 43 heavy (non-hydrogen) atoms. The Morgan fingerprint density at radius 2 is 1.56 bits per heavy atom. The van der Waals surface area contributed by atoms with Crippen molar-refractivity contribution in [1.82, 2.24) is 15.0 Å². The van der Waals surface area contributed by atoms with Gasteiger partial charge in [0.2, 0.25) is 0 Å². The van der Waals surface area contributed by atoms with Crippen LogP contribution >= 0.6 is 17.8 Å². The molecule has 0 spiro atoms. The molecule has 226 valence electrons. The minimum atomic E-state index is -0.826. The fraction of sp³-hybridized carbons (Fsp3) is 0.344. The number of hydrogen-bond donors (Lipinski definition) is 0. The summed E-state index contributed by atoms with van der Waals surface area (Å²) in [6, 6.07) is 4.10. The molecule has 0 fully saturated rings. The van der Waals surface area contributed by atoms with Crippen molar-refractivity contribution in [3.8, 4) is 0 Å². The van der Waals surface area contributed by atoms with Gasteiger partial charge in [0.25, 0.3) is 0 Å². The number of allylic oxidation sites excluding steroid dienone is 2. The Balaban J connectivity index is 0.00000135. The Morgan fingerprint density at radius 3 is 2.26 bits per heavy atom. The number of halogens is 2. The van der Waals surface area contributed by atoms with Crippen molar-refractivity contribution in [1.29, 1.82) is 0 Å². The van der Waals surface area contributed by atoms with Crippen LogP contribution in [-0.2, 0) is 25.5 Å². The van der Waals surface area contributed by atoms with Gasteiger partial charge in [-0.15, -0.1) is 32.8 Å². The van der Waals surface area contributed by atoms with E-state index in [1.165, 1.54) is 14.2 Å². The fourth-order valence-corrected chi connectivity index (χ4v) is 5.35. The summed E-state index contributed by atoms with van der Waals surface area (Å²) in [5.74, 6) is -0.613. The monoisotopic (exact) mass is 727 g/mol. The normalized spacial score (nSPS) is 18.4. The molecule has 5 rings (SSSR count). The average Bonchev–Trinajstić information content (AvgIpc) is 3.67. The molecular weight excluding hydrogens is 694 g/mol. The third-order valence-corrected chi connectivity index (χ3v) is 7.76. The number of carbonyl (C=O) groups excluding carboxylic acids is 2. The summed E-state index contributed by atoms with van der Waals surface area (Å²) in [6.07, 6.45) is 9.56. The Hall–Kier alpha value is -2.95. The molecule has 2 aliphatic heterocycles. The predicted octanol–water partition coefficient (Wildman–Crippen LogP) is 2.12. The van der Waals surface area contributed by atoms with Crippen LogP contribution in [-0.4, -0.2) is 50.8 Å². The zero-order chi connectivity index (χ0) is 31.3. The van der Waals surface area contributed by atoms with Crippen LogP contribution in [0.25, 0.3) is 24.3 Å². The standard InChI is InChI=1S/C32H33N4O4.2ClH.Sn/c1-17-11-22-14-27-19(3)23(7-9-31(37)39-5)29(35-27)16-30-24(8-10-32(38)40-6)20(4)28(36-30)15-26-18(2)12-21(34-26)13-25(17)33-22;;;/h11-16,23H,7-10H2,1-6H3;2*1H;/q-3;;;+2/p-2/b22-14-;;;. The van der Waals surface area contributed by atoms with E-state index >= 15 is 0 Å². The number of aliphatic imine (C=N–C) groups is 1. The van der Waals surface area contributed by atoms with E-state index < -0.39 is 18.9 Å². The first-order valence-corrected chi connectivity index (χ1v) is 21.0. The number of aromatic nitrogens is 3. The molecule has 8 bridgehead atoms. The average molecular weight is 727 g/mol. The molecule has 1 unspecified atom stereocenters. The van der Waals surface area contributed by atoms with E-state index in [9.17, 15) is 9.59 Å². The van der Waals surface area contributed by atoms with E-state index in [0.717, 1.165) is 72.0 Å². The summed E-state index contributed by atoms with van der Waals surface area (Å²) >= 11 is -0.826. The molecule has 0 saturated heterocycles. The van der Waals surface area contributed by atoms with Crippen LogP contribution < -0.4 is 36.3 Å². The number of fused-ring (bicyclic) bond motifs is 7. The molecule has 0 aliphatic carbocycles. The molecule has 1 atom stereocenters. The number of ether oxygens (including phenoxy) is 2. The van der Waals surface area contributed by atoms with Gasteiger partial charge >= 0.3 is 48.7 Å². The molecular formula is C32H33Cl2N4O4Sn-3. The van der Waals surface area contributed by atoms with Crippen molar-refractivity contribution in [3.63, 3.8) is 0 Å². The van der Waals surface area contributed by atoms with Gasteiger partial charge in [-0.1, -0.05) is 58.7 Å². The zero-order valence-corrected chi connectivity index (χ0v) is 29.4. The summed E-state index contributed by atoms with van der Waals surface area (Å²) in [5.41, 5.74) is 8.46. The Labute approximate surface area is 268 Å². The van der Waals surface area contributed by atoms with Crippen molar-refractivity contribution in [2.24, 2.45) is 10.9 Å². The number of hydrogen-bond acceptors (Lipinski definition) is 5. The molecule has 0 amide bonds. The topological polar surface area (TPSA) is 107 Å². The maximum absolute atomic E-state index is 12.0. The molecule has 0 aromatic carbocycles. The molecule has 2 aliphatic rings. The molecule has 3 aromatic heterocycles. The number of nitrogens with zero attached hydrogens (tertiary/aromatic N) is 4. The van der Waals surface area contributed by atoms with E-state index in [1.54, 1.807) is 0 Å². The van der Waals surface area contributed by atoms with E-state index in [1.807, 2.05) is 58.1 Å². The van der Waals surface area contributed by atoms with Crippen LogP contribution in [0.4, 0.5) is 0 Å². The first-order chi connectivity index (χ1) is 20.6. The molecule has 0 N–H and O–H groups in total. The van der Waals surface area contributed by atoms with Gasteiger partial charge in [0.1, 0.15) is 0 Å². The van der Waals surface area contributed by atoms with Gasteiger partial charge in [0, 0.05) is 24.5 Å². The third-order valence-electron chi connectivity index (χ3n) is 7.76. The van der Waals surface area contributed by atoms with Crippen molar-refractivity contribution in [3.05, 3.63) is 78.4 Å². The Morgan fingerprint density at radius 1 is 0.860 bits per heavy atom. The summed E-state index contributed by atoms with van der Waals surface area (Å²) in [4.78, 5) is 43.8. The second-order valence-corrected chi connectivity index (χ2v) is 14.7. The van der Waals surface area contributed by atoms with Crippen molar-refractivity contribution in [2.45, 2.75) is 53.4 Å². The Kier molecular flexibility index (Phi) is 11.3. The van der Waals surface area contributed by atoms with E-state index in [0.29, 0.717) is 12.8 Å². The second kappa shape index (κ2) is 14.7. The number of esters is 2. The van der Waals surface area contributed by atoms with Gasteiger partial charge in [0.05, 0.1) is 19.9 Å². The van der Waals surface area contributed by atoms with E-state index in [2.05, 4.69) is 6.07 Å². The first kappa shape index (κ1) is 33.0. The van der Waals surface area contributed by atoms with Crippen molar-refractivity contribution >= 4 is 78.7 Å². The van der Waals surface area contributed by atoms with Gasteiger partial charge in [-0.05, 0) is 46.1 Å². The third kappa shape index (κ3) is 7.77. The number of aryl methyl sites for hydroxylation is 2. The molecule has 2 radical (unpaired) electrons. The fourth-order valence-electron chi connectivity index (χ4n) is 5.35. The first-order valence-electron chi connectivity index (χ1n) is 13.8. The summed E-state index contributed by atoms with van der Waals surface area (Å²) in [6.45, 7) is 8.15. The van der Waals surface area contributed by atoms with Gasteiger partial charge in [-0.25, -0.2) is 0 Å². The van der Waals surface area contributed by atoms with E-state index in [4.69, 9.17) is 47.3 Å². The molecule has 8 nitrogen and oxygen atoms in total. The van der Waals surface area contributed by atoms with Crippen LogP contribution in [0.5, 0.6) is 0 Å². The molecule has 3 aromatic rings. The summed E-state index contributed by atoms with van der Waals surface area (Å²) in [5, 5.41) is 3.25. The summed E-state index contributed by atoms with van der Waals surface area (Å²) in [7, 11) is 12.7. The zero-order valence-electron chi connectivity index (χ0n) is 25.0. The molecule has 5 heterocycles. The van der Waals surface area contributed by atoms with Gasteiger partial charge in [-0.2, -0.15) is 0 Å². The summed E-state index contributed by atoms with van der Waals surface area (Å²) < 4.78 is 9.82. The van der Waals surface area contributed by atoms with Crippen LogP contribution in [0.3, 0.4) is 0 Å². The minimum absolute atomic E-state index is 0.0814. The van der Waals surface area contributed by atoms with Crippen LogP contribution in [0, 0.1) is 26.7 Å². The molecule has 11 heteroatoms. The van der Waals surface area contributed by atoms with Crippen LogP contribution in [0.15, 0.2) is 28.4 Å². The van der Waals surface area contributed by atoms with Gasteiger partial charge in [0.15, 0.2) is 0 Å². The van der Waals surface area contributed by atoms with Gasteiger partial charge in [-0.3, -0.25) is 14.6 Å². The van der Waals surface area contributed by atoms with Crippen molar-refractivity contribution in [2.75, 3.05) is 14.2 Å². The van der Waals surface area contributed by atoms with Gasteiger partial charge < -0.3 is 24.4 Å². The van der Waals surface area contributed by atoms with Crippen molar-refractivity contribution < 1.29 is 19.1 Å². The van der Waals surface area contributed by atoms with Crippen LogP contribution in [0.1, 0.15) is 59.8 Å². The number of methoxy groups -OCH3 is 2. The van der Waals surface area contributed by atoms with E-state index in [-0.39, 0.29) is 30.7 Å². The second-order valence-electron chi connectivity index (χ2n) is 10.5. The SMILES string of the molecule is COC(=O)CCc1c(C)/c2[n-]/c1=C\C1=NC(=C(C)C1CCC(=O)OC)/C=c1/cc(C)/c([n-]1)=C/c1cc(C)c([n-]1)\C=2.[Cl][Sn][Cl]. The number of carbonyl (C=O) groups is 2. The Bertz CT molecular complexity index is 1850. The quantitative estimate of drug-likeness (QED) is 0.283. The van der Waals surface area contributed by atoms with Crippen LogP contribution in [0.2, 0.25) is 0 Å². The number of rotatable bonds is 6.